The molecule has 25 heavy (non-hydrogen) atoms. The molecular weight excluding hydrogens is 352 g/mol. The van der Waals surface area contributed by atoms with Gasteiger partial charge >= 0.3 is 0 Å². The molecule has 0 spiro atoms. The molecule has 1 aliphatic rings. The van der Waals surface area contributed by atoms with E-state index in [0.29, 0.717) is 28.4 Å². The van der Waals surface area contributed by atoms with Gasteiger partial charge in [0.1, 0.15) is 10.7 Å². The van der Waals surface area contributed by atoms with E-state index < -0.39 is 10.0 Å². The van der Waals surface area contributed by atoms with Crippen LogP contribution in [0.2, 0.25) is 0 Å². The average Bonchev–Trinajstić information content (AvgIpc) is 2.85. The quantitative estimate of drug-likeness (QED) is 0.814. The first-order chi connectivity index (χ1) is 12.0. The summed E-state index contributed by atoms with van der Waals surface area (Å²) in [5.41, 5.74) is 2.54. The third-order valence-corrected chi connectivity index (χ3v) is 6.35. The van der Waals surface area contributed by atoms with Crippen LogP contribution in [0.3, 0.4) is 0 Å². The van der Waals surface area contributed by atoms with Gasteiger partial charge in [0.2, 0.25) is 0 Å². The molecule has 1 heterocycles. The first kappa shape index (κ1) is 17.8. The Balaban J connectivity index is 1.78. The van der Waals surface area contributed by atoms with Crippen LogP contribution in [0.5, 0.6) is 0 Å². The van der Waals surface area contributed by atoms with E-state index in [4.69, 9.17) is 0 Å². The van der Waals surface area contributed by atoms with E-state index in [-0.39, 0.29) is 0 Å². The molecule has 0 saturated heterocycles. The molecule has 1 aliphatic heterocycles. The van der Waals surface area contributed by atoms with Gasteiger partial charge in [-0.3, -0.25) is 9.71 Å². The molecule has 0 aliphatic carbocycles. The highest BCUT2D eigenvalue weighted by molar-refractivity contribution is 8.00. The smallest absolute Gasteiger partial charge is 0.264 e. The van der Waals surface area contributed by atoms with E-state index in [0.717, 1.165) is 6.42 Å². The summed E-state index contributed by atoms with van der Waals surface area (Å²) in [6.07, 6.45) is 2.82. The Hall–Kier alpha value is -2.05. The topological polar surface area (TPSA) is 58.5 Å². The molecule has 0 unspecified atom stereocenters. The number of nitrogens with one attached hydrogen (secondary N) is 1. The lowest BCUT2D eigenvalue weighted by Crippen LogP contribution is -2.24. The van der Waals surface area contributed by atoms with E-state index >= 15 is 0 Å². The molecule has 0 radical (unpaired) electrons. The second-order valence-electron chi connectivity index (χ2n) is 5.75. The van der Waals surface area contributed by atoms with Crippen molar-refractivity contribution in [3.05, 3.63) is 71.3 Å². The van der Waals surface area contributed by atoms with Crippen molar-refractivity contribution in [1.82, 2.24) is 4.72 Å². The van der Waals surface area contributed by atoms with E-state index in [1.807, 2.05) is 24.5 Å². The third-order valence-electron chi connectivity index (χ3n) is 4.06. The Morgan fingerprint density at radius 3 is 2.36 bits per heavy atom. The van der Waals surface area contributed by atoms with Crippen LogP contribution >= 0.6 is 11.8 Å². The maximum absolute atomic E-state index is 12.4. The monoisotopic (exact) mass is 372 g/mol. The van der Waals surface area contributed by atoms with Crippen LogP contribution in [-0.4, -0.2) is 27.1 Å². The summed E-state index contributed by atoms with van der Waals surface area (Å²) < 4.78 is 27.4. The number of hydrogen-bond donors (Lipinski definition) is 1. The number of amidine groups is 1. The SMILES string of the molecule is CSc1ccc(CCN=C2NS(=O)(=O)C(c3ccccc3)=C2C)cc1. The molecule has 2 aromatic rings. The number of aliphatic imine (C=N–C) groups is 1. The molecule has 0 saturated carbocycles. The van der Waals surface area contributed by atoms with Crippen molar-refractivity contribution in [3.8, 4) is 0 Å². The average molecular weight is 373 g/mol. The molecule has 0 amide bonds. The van der Waals surface area contributed by atoms with Gasteiger partial charge in [-0.05, 0) is 42.9 Å². The fourth-order valence-corrected chi connectivity index (χ4v) is 4.69. The Bertz CT molecular complexity index is 916. The summed E-state index contributed by atoms with van der Waals surface area (Å²) in [5.74, 6) is 0.444. The van der Waals surface area contributed by atoms with Crippen molar-refractivity contribution in [2.24, 2.45) is 4.99 Å². The molecule has 130 valence electrons. The summed E-state index contributed by atoms with van der Waals surface area (Å²) in [4.78, 5) is 6.02. The predicted molar refractivity (Wildman–Crippen MR) is 105 cm³/mol. The van der Waals surface area contributed by atoms with Gasteiger partial charge in [0.15, 0.2) is 0 Å². The van der Waals surface area contributed by atoms with Crippen molar-refractivity contribution >= 4 is 32.5 Å². The lowest BCUT2D eigenvalue weighted by atomic mass is 10.1. The van der Waals surface area contributed by atoms with Crippen molar-refractivity contribution in [1.29, 1.82) is 0 Å². The van der Waals surface area contributed by atoms with Crippen LogP contribution in [0.15, 0.2) is 70.1 Å². The molecular formula is C19H20N2O2S2. The van der Waals surface area contributed by atoms with Crippen molar-refractivity contribution in [2.75, 3.05) is 12.8 Å². The molecule has 2 aromatic carbocycles. The predicted octanol–water partition coefficient (Wildman–Crippen LogP) is 3.71. The minimum Gasteiger partial charge on any atom is -0.267 e. The van der Waals surface area contributed by atoms with E-state index in [1.165, 1.54) is 10.5 Å². The van der Waals surface area contributed by atoms with Crippen LogP contribution in [-0.2, 0) is 16.4 Å². The number of benzene rings is 2. The van der Waals surface area contributed by atoms with E-state index in [9.17, 15) is 8.42 Å². The van der Waals surface area contributed by atoms with Gasteiger partial charge in [-0.25, -0.2) is 8.42 Å². The highest BCUT2D eigenvalue weighted by atomic mass is 32.2. The molecule has 0 bridgehead atoms. The van der Waals surface area contributed by atoms with Gasteiger partial charge in [0, 0.05) is 17.0 Å². The Morgan fingerprint density at radius 1 is 1.04 bits per heavy atom. The standard InChI is InChI=1S/C19H20N2O2S2/c1-14-18(16-6-4-3-5-7-16)25(22,23)21-19(14)20-13-12-15-8-10-17(24-2)11-9-15/h3-11H,12-13H2,1-2H3,(H,20,21). The molecule has 1 N–H and O–H groups in total. The Kier molecular flexibility index (Phi) is 5.30. The van der Waals surface area contributed by atoms with Crippen molar-refractivity contribution < 1.29 is 8.42 Å². The van der Waals surface area contributed by atoms with Crippen molar-refractivity contribution in [2.45, 2.75) is 18.2 Å². The molecule has 4 nitrogen and oxygen atoms in total. The first-order valence-corrected chi connectivity index (χ1v) is 10.7. The molecule has 6 heteroatoms. The van der Waals surface area contributed by atoms with Gasteiger partial charge in [0.05, 0.1) is 0 Å². The fourth-order valence-electron chi connectivity index (χ4n) is 2.76. The fraction of sp³-hybridized carbons (Fsp3) is 0.211. The van der Waals surface area contributed by atoms with E-state index in [1.54, 1.807) is 30.8 Å². The first-order valence-electron chi connectivity index (χ1n) is 7.98. The van der Waals surface area contributed by atoms with Gasteiger partial charge in [0.25, 0.3) is 10.0 Å². The van der Waals surface area contributed by atoms with Gasteiger partial charge in [-0.2, -0.15) is 0 Å². The van der Waals surface area contributed by atoms with Crippen LogP contribution in [0.1, 0.15) is 18.1 Å². The molecule has 3 rings (SSSR count). The maximum Gasteiger partial charge on any atom is 0.264 e. The van der Waals surface area contributed by atoms with Crippen molar-refractivity contribution in [3.63, 3.8) is 0 Å². The Morgan fingerprint density at radius 2 is 1.72 bits per heavy atom. The zero-order valence-corrected chi connectivity index (χ0v) is 15.8. The second kappa shape index (κ2) is 7.45. The van der Waals surface area contributed by atoms with Gasteiger partial charge in [-0.15, -0.1) is 11.8 Å². The minimum atomic E-state index is -3.55. The number of rotatable bonds is 5. The van der Waals surface area contributed by atoms with Gasteiger partial charge < -0.3 is 0 Å². The van der Waals surface area contributed by atoms with E-state index in [2.05, 4.69) is 34.0 Å². The number of nitrogens with zero attached hydrogens (tertiary/aromatic N) is 1. The summed E-state index contributed by atoms with van der Waals surface area (Å²) >= 11 is 1.71. The number of hydrogen-bond acceptors (Lipinski definition) is 4. The van der Waals surface area contributed by atoms with Crippen LogP contribution in [0.25, 0.3) is 4.91 Å². The number of thioether (sulfide) groups is 1. The third kappa shape index (κ3) is 3.96. The molecule has 0 fully saturated rings. The lowest BCUT2D eigenvalue weighted by Gasteiger charge is -2.02. The molecule has 0 atom stereocenters. The molecule has 0 aromatic heterocycles. The number of sulfonamides is 1. The Labute approximate surface area is 153 Å². The largest absolute Gasteiger partial charge is 0.267 e. The normalized spacial score (nSPS) is 17.8. The second-order valence-corrected chi connectivity index (χ2v) is 8.25. The lowest BCUT2D eigenvalue weighted by molar-refractivity contribution is 0.603. The summed E-state index contributed by atoms with van der Waals surface area (Å²) in [7, 11) is -3.55. The van der Waals surface area contributed by atoms with Crippen LogP contribution in [0, 0.1) is 0 Å². The minimum absolute atomic E-state index is 0.316. The summed E-state index contributed by atoms with van der Waals surface area (Å²) in [6.45, 7) is 2.34. The van der Waals surface area contributed by atoms with Crippen LogP contribution < -0.4 is 4.72 Å². The maximum atomic E-state index is 12.4. The zero-order chi connectivity index (χ0) is 17.9. The zero-order valence-electron chi connectivity index (χ0n) is 14.2. The van der Waals surface area contributed by atoms with Gasteiger partial charge in [-0.1, -0.05) is 42.5 Å². The highest BCUT2D eigenvalue weighted by Crippen LogP contribution is 2.29. The highest BCUT2D eigenvalue weighted by Gasteiger charge is 2.32. The summed E-state index contributed by atoms with van der Waals surface area (Å²) in [5, 5.41) is 0. The summed E-state index contributed by atoms with van der Waals surface area (Å²) in [6, 6.07) is 17.5. The van der Waals surface area contributed by atoms with Crippen LogP contribution in [0.4, 0.5) is 0 Å².